The molecule has 0 N–H and O–H groups in total. The van der Waals surface area contributed by atoms with Crippen LogP contribution in [0.15, 0.2) is 52.9 Å². The first-order valence-corrected chi connectivity index (χ1v) is 8.34. The van der Waals surface area contributed by atoms with Crippen LogP contribution < -0.4 is 0 Å². The van der Waals surface area contributed by atoms with E-state index in [0.29, 0.717) is 6.54 Å². The molecule has 0 atom stereocenters. The molecule has 0 aliphatic carbocycles. The predicted molar refractivity (Wildman–Crippen MR) is 94.4 cm³/mol. The number of hydrogen-bond donors (Lipinski definition) is 0. The maximum Gasteiger partial charge on any atom is 0.153 e. The van der Waals surface area contributed by atoms with Gasteiger partial charge in [0.1, 0.15) is 0 Å². The number of benzene rings is 1. The molecule has 0 unspecified atom stereocenters. The van der Waals surface area contributed by atoms with Gasteiger partial charge in [-0.25, -0.2) is 4.99 Å². The Morgan fingerprint density at radius 3 is 2.88 bits per heavy atom. The molecule has 0 amide bonds. The van der Waals surface area contributed by atoms with E-state index in [1.807, 2.05) is 12.4 Å². The maximum atomic E-state index is 4.67. The second-order valence-electron chi connectivity index (χ2n) is 6.19. The lowest BCUT2D eigenvalue weighted by molar-refractivity contribution is 0.300. The summed E-state index contributed by atoms with van der Waals surface area (Å²) in [6.45, 7) is 4.44. The molecule has 2 aliphatic heterocycles. The van der Waals surface area contributed by atoms with Crippen molar-refractivity contribution < 1.29 is 0 Å². The van der Waals surface area contributed by atoms with E-state index in [1.54, 1.807) is 0 Å². The highest BCUT2D eigenvalue weighted by molar-refractivity contribution is 5.60. The van der Waals surface area contributed by atoms with Gasteiger partial charge in [-0.3, -0.25) is 4.90 Å². The fraction of sp³-hybridized carbons (Fsp3) is 0.333. The highest BCUT2D eigenvalue weighted by Crippen LogP contribution is 2.23. The Hall–Kier alpha value is -2.98. The monoisotopic (exact) mass is 333 g/mol. The Balaban J connectivity index is 1.35. The third kappa shape index (κ3) is 3.92. The van der Waals surface area contributed by atoms with Gasteiger partial charge in [0.05, 0.1) is 12.9 Å². The molecule has 4 rings (SSSR count). The smallest absolute Gasteiger partial charge is 0.153 e. The average Bonchev–Trinajstić information content (AvgIpc) is 3.16. The molecule has 1 aromatic carbocycles. The molecule has 25 heavy (non-hydrogen) atoms. The van der Waals surface area contributed by atoms with E-state index < -0.39 is 0 Å². The molecule has 0 saturated heterocycles. The minimum absolute atomic E-state index is 0.707. The highest BCUT2D eigenvalue weighted by Gasteiger charge is 2.22. The van der Waals surface area contributed by atoms with Gasteiger partial charge in [-0.15, -0.1) is 5.10 Å². The summed E-state index contributed by atoms with van der Waals surface area (Å²) in [7, 11) is 0. The molecule has 2 aliphatic rings. The number of hydrogen-bond acceptors (Lipinski definition) is 6. The van der Waals surface area contributed by atoms with Gasteiger partial charge in [-0.2, -0.15) is 4.68 Å². The molecule has 0 fully saturated rings. The minimum Gasteiger partial charge on any atom is -0.354 e. The van der Waals surface area contributed by atoms with Crippen molar-refractivity contribution >= 4 is 6.34 Å². The van der Waals surface area contributed by atoms with Crippen LogP contribution in [0.3, 0.4) is 0 Å². The van der Waals surface area contributed by atoms with Crippen molar-refractivity contribution in [2.75, 3.05) is 26.2 Å². The molecule has 3 heterocycles. The van der Waals surface area contributed by atoms with Gasteiger partial charge < -0.3 is 4.90 Å². The topological polar surface area (TPSA) is 62.4 Å². The van der Waals surface area contributed by atoms with Crippen LogP contribution in [0.1, 0.15) is 12.0 Å². The fourth-order valence-corrected chi connectivity index (χ4v) is 3.11. The highest BCUT2D eigenvalue weighted by atomic mass is 15.5. The molecule has 7 heteroatoms. The van der Waals surface area contributed by atoms with Crippen LogP contribution >= 0.6 is 0 Å². The number of nitrogens with zero attached hydrogens (tertiary/aromatic N) is 7. The summed E-state index contributed by atoms with van der Waals surface area (Å²) in [4.78, 5) is 9.28. The zero-order valence-electron chi connectivity index (χ0n) is 13.9. The van der Waals surface area contributed by atoms with Gasteiger partial charge in [0.15, 0.2) is 6.33 Å². The molecule has 7 nitrogen and oxygen atoms in total. The maximum absolute atomic E-state index is 4.67. The Labute approximate surface area is 146 Å². The van der Waals surface area contributed by atoms with Gasteiger partial charge in [0, 0.05) is 44.3 Å². The lowest BCUT2D eigenvalue weighted by Crippen LogP contribution is -2.38. The minimum atomic E-state index is 0.707. The fourth-order valence-electron chi connectivity index (χ4n) is 3.11. The van der Waals surface area contributed by atoms with E-state index >= 15 is 0 Å². The molecule has 0 spiro atoms. The van der Waals surface area contributed by atoms with Crippen LogP contribution in [-0.4, -0.2) is 62.5 Å². The quantitative estimate of drug-likeness (QED) is 0.784. The Morgan fingerprint density at radius 2 is 2.04 bits per heavy atom. The largest absolute Gasteiger partial charge is 0.354 e. The third-order valence-corrected chi connectivity index (χ3v) is 4.33. The lowest BCUT2D eigenvalue weighted by Gasteiger charge is -2.33. The van der Waals surface area contributed by atoms with Crippen molar-refractivity contribution in [3.63, 3.8) is 0 Å². The van der Waals surface area contributed by atoms with Crippen molar-refractivity contribution in [1.29, 1.82) is 0 Å². The van der Waals surface area contributed by atoms with Crippen molar-refractivity contribution in [1.82, 2.24) is 30.0 Å². The number of tetrazole rings is 1. The van der Waals surface area contributed by atoms with Gasteiger partial charge in [0.25, 0.3) is 0 Å². The Morgan fingerprint density at radius 1 is 1.12 bits per heavy atom. The summed E-state index contributed by atoms with van der Waals surface area (Å²) in [5.74, 6) is 3.13. The van der Waals surface area contributed by atoms with E-state index in [9.17, 15) is 0 Å². The zero-order valence-corrected chi connectivity index (χ0v) is 13.9. The molecular formula is C18H19N7. The van der Waals surface area contributed by atoms with Crippen molar-refractivity contribution in [3.05, 3.63) is 53.5 Å². The van der Waals surface area contributed by atoms with Gasteiger partial charge in [0.2, 0.25) is 0 Å². The van der Waals surface area contributed by atoms with Crippen LogP contribution in [0.5, 0.6) is 0 Å². The van der Waals surface area contributed by atoms with Crippen LogP contribution in [0.25, 0.3) is 0 Å². The van der Waals surface area contributed by atoms with Crippen molar-refractivity contribution in [2.24, 2.45) is 4.99 Å². The molecular weight excluding hydrogens is 314 g/mol. The molecule has 0 radical (unpaired) electrons. The predicted octanol–water partition coefficient (Wildman–Crippen LogP) is 0.986. The van der Waals surface area contributed by atoms with Gasteiger partial charge in [-0.1, -0.05) is 36.3 Å². The Bertz CT molecular complexity index is 827. The molecule has 1 aromatic heterocycles. The second-order valence-corrected chi connectivity index (χ2v) is 6.19. The summed E-state index contributed by atoms with van der Waals surface area (Å²) >= 11 is 0. The third-order valence-electron chi connectivity index (χ3n) is 4.33. The number of aliphatic imine (C=N–C) groups is 1. The lowest BCUT2D eigenvalue weighted by atomic mass is 10.0. The first-order valence-electron chi connectivity index (χ1n) is 8.34. The van der Waals surface area contributed by atoms with Crippen LogP contribution in [0.4, 0.5) is 0 Å². The summed E-state index contributed by atoms with van der Waals surface area (Å²) in [6, 6.07) is 13.4. The van der Waals surface area contributed by atoms with E-state index in [-0.39, 0.29) is 0 Å². The van der Waals surface area contributed by atoms with E-state index in [1.165, 1.54) is 27.8 Å². The van der Waals surface area contributed by atoms with Gasteiger partial charge in [-0.05, 0) is 21.6 Å². The van der Waals surface area contributed by atoms with E-state index in [2.05, 4.69) is 66.5 Å². The van der Waals surface area contributed by atoms with Crippen LogP contribution in [0.2, 0.25) is 0 Å². The second kappa shape index (κ2) is 7.28. The molecule has 0 saturated carbocycles. The van der Waals surface area contributed by atoms with E-state index in [4.69, 9.17) is 0 Å². The average molecular weight is 333 g/mol. The molecule has 2 aromatic rings. The number of aromatic nitrogens is 4. The summed E-state index contributed by atoms with van der Waals surface area (Å²) < 4.78 is 1.43. The normalized spacial score (nSPS) is 17.2. The zero-order chi connectivity index (χ0) is 16.9. The molecule has 126 valence electrons. The number of rotatable bonds is 3. The van der Waals surface area contributed by atoms with Crippen molar-refractivity contribution in [3.8, 4) is 12.0 Å². The van der Waals surface area contributed by atoms with E-state index in [0.717, 1.165) is 32.6 Å². The summed E-state index contributed by atoms with van der Waals surface area (Å²) in [6.07, 6.45) is 4.47. The van der Waals surface area contributed by atoms with Crippen LogP contribution in [0, 0.1) is 12.0 Å². The SMILES string of the molecule is C(#Cn1cnnn1)CN1CCC2=C(CN(Cc3ccccc3)C=N2)C1. The Kier molecular flexibility index (Phi) is 4.53. The first-order chi connectivity index (χ1) is 12.4. The van der Waals surface area contributed by atoms with Crippen LogP contribution in [-0.2, 0) is 6.54 Å². The molecule has 0 bridgehead atoms. The van der Waals surface area contributed by atoms with Crippen molar-refractivity contribution in [2.45, 2.75) is 13.0 Å². The first kappa shape index (κ1) is 15.5. The summed E-state index contributed by atoms with van der Waals surface area (Å²) in [5.41, 5.74) is 3.95. The standard InChI is InChI=1S/C18H19N7/c1-2-5-16(6-3-1)11-24-13-17-12-23(10-7-18(17)19-14-24)8-4-9-25-15-20-21-22-25/h1-3,5-6,14-15H,7-8,10-13H2. The van der Waals surface area contributed by atoms with Gasteiger partial charge >= 0.3 is 0 Å². The summed E-state index contributed by atoms with van der Waals surface area (Å²) in [5, 5.41) is 10.9.